The van der Waals surface area contributed by atoms with Crippen molar-refractivity contribution in [2.45, 2.75) is 12.2 Å². The Morgan fingerprint density at radius 1 is 1.78 bits per heavy atom. The molecular weight excluding hydrogens is 154 g/mol. The SMILES string of the molecule is CC(CN)S(=O)(=O)O.[H-].[H-].[Mg+2]. The van der Waals surface area contributed by atoms with Crippen LogP contribution in [0.4, 0.5) is 0 Å². The molecule has 0 spiro atoms. The maximum Gasteiger partial charge on any atom is 2.00 e. The molecule has 0 radical (unpaired) electrons. The van der Waals surface area contributed by atoms with Crippen molar-refractivity contribution in [3.05, 3.63) is 0 Å². The van der Waals surface area contributed by atoms with E-state index in [1.54, 1.807) is 0 Å². The van der Waals surface area contributed by atoms with E-state index in [4.69, 9.17) is 10.3 Å². The molecule has 0 saturated carbocycles. The molecule has 0 aromatic rings. The van der Waals surface area contributed by atoms with Crippen LogP contribution in [0, 0.1) is 0 Å². The van der Waals surface area contributed by atoms with Crippen molar-refractivity contribution >= 4 is 33.2 Å². The van der Waals surface area contributed by atoms with Crippen molar-refractivity contribution in [3.63, 3.8) is 0 Å². The first-order valence-corrected chi connectivity index (χ1v) is 3.65. The number of rotatable bonds is 2. The van der Waals surface area contributed by atoms with Crippen molar-refractivity contribution in [3.8, 4) is 0 Å². The number of hydrogen-bond acceptors (Lipinski definition) is 3. The van der Waals surface area contributed by atoms with Crippen LogP contribution in [0.2, 0.25) is 0 Å². The van der Waals surface area contributed by atoms with Gasteiger partial charge in [-0.15, -0.1) is 0 Å². The first-order valence-electron chi connectivity index (χ1n) is 2.15. The summed E-state index contributed by atoms with van der Waals surface area (Å²) >= 11 is 0. The summed E-state index contributed by atoms with van der Waals surface area (Å²) in [5, 5.41) is -0.845. The average Bonchev–Trinajstić information content (AvgIpc) is 1.62. The van der Waals surface area contributed by atoms with Crippen LogP contribution in [0.3, 0.4) is 0 Å². The molecule has 9 heavy (non-hydrogen) atoms. The van der Waals surface area contributed by atoms with Gasteiger partial charge in [0.1, 0.15) is 0 Å². The fourth-order valence-corrected chi connectivity index (χ4v) is 0.365. The second-order valence-corrected chi connectivity index (χ2v) is 3.40. The molecule has 0 aliphatic carbocycles. The van der Waals surface area contributed by atoms with Crippen LogP contribution in [0.25, 0.3) is 0 Å². The topological polar surface area (TPSA) is 80.4 Å². The van der Waals surface area contributed by atoms with Gasteiger partial charge in [-0.05, 0) is 6.92 Å². The molecule has 0 aliphatic rings. The van der Waals surface area contributed by atoms with Crippen molar-refractivity contribution in [2.75, 3.05) is 6.54 Å². The fourth-order valence-electron chi connectivity index (χ4n) is 0.122. The van der Waals surface area contributed by atoms with Gasteiger partial charge in [0.25, 0.3) is 10.1 Å². The van der Waals surface area contributed by atoms with Gasteiger partial charge in [0.15, 0.2) is 0 Å². The quantitative estimate of drug-likeness (QED) is 0.409. The van der Waals surface area contributed by atoms with E-state index in [1.165, 1.54) is 6.92 Å². The molecule has 0 aromatic carbocycles. The van der Waals surface area contributed by atoms with Crippen molar-refractivity contribution < 1.29 is 15.8 Å². The third kappa shape index (κ3) is 5.10. The Labute approximate surface area is 73.7 Å². The number of hydrogen-bond donors (Lipinski definition) is 2. The van der Waals surface area contributed by atoms with E-state index in [0.717, 1.165) is 0 Å². The van der Waals surface area contributed by atoms with Gasteiger partial charge in [0.05, 0.1) is 5.25 Å². The van der Waals surface area contributed by atoms with Crippen LogP contribution in [0.5, 0.6) is 0 Å². The molecule has 6 heteroatoms. The predicted octanol–water partition coefficient (Wildman–Crippen LogP) is -0.934. The summed E-state index contributed by atoms with van der Waals surface area (Å²) in [6.45, 7) is 1.30. The van der Waals surface area contributed by atoms with Gasteiger partial charge < -0.3 is 8.59 Å². The molecule has 1 unspecified atom stereocenters. The molecular formula is C3H11MgNO3S. The van der Waals surface area contributed by atoms with E-state index in [9.17, 15) is 8.42 Å². The van der Waals surface area contributed by atoms with Crippen LogP contribution in [0.15, 0.2) is 0 Å². The maximum atomic E-state index is 10.0. The minimum absolute atomic E-state index is 0. The molecule has 0 fully saturated rings. The van der Waals surface area contributed by atoms with Gasteiger partial charge in [-0.2, -0.15) is 8.42 Å². The zero-order valence-corrected chi connectivity index (χ0v) is 7.47. The normalized spacial score (nSPS) is 14.1. The van der Waals surface area contributed by atoms with Crippen LogP contribution >= 0.6 is 0 Å². The largest absolute Gasteiger partial charge is 2.00 e. The van der Waals surface area contributed by atoms with Crippen molar-refractivity contribution in [2.24, 2.45) is 5.73 Å². The standard InChI is InChI=1S/C3H9NO3S.Mg.2H/c1-3(2-4)8(5,6)7;;;/h3H,2,4H2,1H3,(H,5,6,7);;;/q;+2;2*-1. The van der Waals surface area contributed by atoms with Crippen LogP contribution in [-0.4, -0.2) is 47.8 Å². The molecule has 1 atom stereocenters. The molecule has 0 aromatic heterocycles. The van der Waals surface area contributed by atoms with Gasteiger partial charge in [0, 0.05) is 6.54 Å². The van der Waals surface area contributed by atoms with E-state index in [-0.39, 0.29) is 32.5 Å². The molecule has 0 rings (SSSR count). The third-order valence-corrected chi connectivity index (χ3v) is 2.05. The van der Waals surface area contributed by atoms with E-state index < -0.39 is 15.4 Å². The molecule has 0 aliphatic heterocycles. The molecule has 0 heterocycles. The smallest absolute Gasteiger partial charge is 1.00 e. The van der Waals surface area contributed by atoms with Gasteiger partial charge in [0.2, 0.25) is 0 Å². The number of nitrogens with two attached hydrogens (primary N) is 1. The summed E-state index contributed by atoms with van der Waals surface area (Å²) in [4.78, 5) is 0. The predicted molar refractivity (Wildman–Crippen MR) is 38.0 cm³/mol. The Kier molecular flexibility index (Phi) is 6.10. The van der Waals surface area contributed by atoms with Gasteiger partial charge in [-0.3, -0.25) is 4.55 Å². The van der Waals surface area contributed by atoms with Crippen LogP contribution in [0.1, 0.15) is 9.78 Å². The zero-order valence-electron chi connectivity index (χ0n) is 7.24. The Hall–Kier alpha value is 0.636. The minimum Gasteiger partial charge on any atom is -1.00 e. The van der Waals surface area contributed by atoms with E-state index in [1.807, 2.05) is 0 Å². The molecule has 3 N–H and O–H groups in total. The Morgan fingerprint density at radius 3 is 2.11 bits per heavy atom. The molecule has 0 bridgehead atoms. The summed E-state index contributed by atoms with van der Waals surface area (Å²) in [5.41, 5.74) is 4.92. The van der Waals surface area contributed by atoms with Gasteiger partial charge in [-0.25, -0.2) is 0 Å². The minimum atomic E-state index is -3.88. The maximum absolute atomic E-state index is 10.0. The summed E-state index contributed by atoms with van der Waals surface area (Å²) in [6, 6.07) is 0. The molecule has 0 saturated heterocycles. The monoisotopic (exact) mass is 165 g/mol. The summed E-state index contributed by atoms with van der Waals surface area (Å²) in [6.07, 6.45) is 0. The van der Waals surface area contributed by atoms with Gasteiger partial charge >= 0.3 is 23.1 Å². The van der Waals surface area contributed by atoms with Gasteiger partial charge in [-0.1, -0.05) is 0 Å². The Bertz CT molecular complexity index is 162. The first kappa shape index (κ1) is 12.3. The van der Waals surface area contributed by atoms with E-state index >= 15 is 0 Å². The fraction of sp³-hybridized carbons (Fsp3) is 1.00. The summed E-state index contributed by atoms with van der Waals surface area (Å²) in [5.74, 6) is 0. The van der Waals surface area contributed by atoms with Crippen LogP contribution in [-0.2, 0) is 10.1 Å². The zero-order chi connectivity index (χ0) is 6.78. The van der Waals surface area contributed by atoms with E-state index in [0.29, 0.717) is 0 Å². The Balaban J connectivity index is -0.0000000817. The van der Waals surface area contributed by atoms with Crippen molar-refractivity contribution in [1.29, 1.82) is 0 Å². The summed E-state index contributed by atoms with van der Waals surface area (Å²) in [7, 11) is -3.88. The van der Waals surface area contributed by atoms with E-state index in [2.05, 4.69) is 0 Å². The van der Waals surface area contributed by atoms with Crippen molar-refractivity contribution in [1.82, 2.24) is 0 Å². The third-order valence-electron chi connectivity index (χ3n) is 0.840. The van der Waals surface area contributed by atoms with Crippen LogP contribution < -0.4 is 5.73 Å². The Morgan fingerprint density at radius 2 is 2.11 bits per heavy atom. The molecule has 0 amide bonds. The second kappa shape index (κ2) is 4.45. The molecule has 4 nitrogen and oxygen atoms in total. The summed E-state index contributed by atoms with van der Waals surface area (Å²) < 4.78 is 28.3. The second-order valence-electron chi connectivity index (χ2n) is 1.56. The first-order chi connectivity index (χ1) is 3.48. The molecule has 54 valence electrons. The average molecular weight is 165 g/mol.